The predicted molar refractivity (Wildman–Crippen MR) is 158 cm³/mol. The Morgan fingerprint density at radius 2 is 1.61 bits per heavy atom. The molecule has 0 aliphatic carbocycles. The standard InChI is InChI=1S/C27H25N3O2S4/c1-4-28-19-16-18(17-10-8-7-9-11-17)12-13-20(19)34-22(28)15-14-21-24(31)29(5-2)26(35-21)23-25(32)30(6-3)27(33)36-23/h7-16H,4-6H2,1-3H3/b21-14?,22-15-,26-23?. The summed E-state index contributed by atoms with van der Waals surface area (Å²) < 4.78 is 3.51. The van der Waals surface area contributed by atoms with Crippen molar-refractivity contribution in [2.24, 2.45) is 0 Å². The van der Waals surface area contributed by atoms with E-state index in [0.29, 0.717) is 31.5 Å². The van der Waals surface area contributed by atoms with Gasteiger partial charge in [-0.2, -0.15) is 0 Å². The lowest BCUT2D eigenvalue weighted by Gasteiger charge is -2.18. The average molecular weight is 552 g/mol. The fourth-order valence-electron chi connectivity index (χ4n) is 4.30. The molecule has 0 bridgehead atoms. The molecule has 5 nitrogen and oxygen atoms in total. The smallest absolute Gasteiger partial charge is 0.269 e. The SMILES string of the molecule is CCN1C(=O)C(=c2sc(=C/C=C3\Sc4ccc(-c5ccccc5)cc4N3CC)c(=O)n2CC)SC1=S. The molecular weight excluding hydrogens is 527 g/mol. The molecule has 3 aromatic rings. The zero-order valence-electron chi connectivity index (χ0n) is 20.2. The van der Waals surface area contributed by atoms with Crippen molar-refractivity contribution in [1.29, 1.82) is 0 Å². The Hall–Kier alpha value is -2.59. The van der Waals surface area contributed by atoms with Crippen molar-refractivity contribution in [2.75, 3.05) is 18.0 Å². The maximum atomic E-state index is 13.2. The number of carbonyl (C=O) groups is 1. The Kier molecular flexibility index (Phi) is 7.25. The topological polar surface area (TPSA) is 45.6 Å². The minimum Gasteiger partial charge on any atom is -0.335 e. The number of hydrogen-bond acceptors (Lipinski definition) is 7. The Morgan fingerprint density at radius 3 is 2.28 bits per heavy atom. The van der Waals surface area contributed by atoms with Gasteiger partial charge >= 0.3 is 0 Å². The van der Waals surface area contributed by atoms with E-state index in [-0.39, 0.29) is 11.5 Å². The molecule has 0 spiro atoms. The normalized spacial score (nSPS) is 18.6. The molecule has 1 aromatic heterocycles. The second-order valence-corrected chi connectivity index (χ2v) is 11.9. The molecule has 3 heterocycles. The summed E-state index contributed by atoms with van der Waals surface area (Å²) in [5.74, 6) is -0.117. The number of fused-ring (bicyclic) bond motifs is 1. The van der Waals surface area contributed by atoms with Crippen LogP contribution in [0.3, 0.4) is 0 Å². The minimum absolute atomic E-state index is 0.0777. The molecule has 2 aliphatic rings. The average Bonchev–Trinajstić information content (AvgIpc) is 3.51. The molecule has 1 fully saturated rings. The van der Waals surface area contributed by atoms with Gasteiger partial charge in [0.05, 0.1) is 15.2 Å². The molecule has 9 heteroatoms. The fourth-order valence-corrected chi connectivity index (χ4v) is 8.05. The van der Waals surface area contributed by atoms with Gasteiger partial charge in [0, 0.05) is 24.5 Å². The first-order chi connectivity index (χ1) is 17.5. The summed E-state index contributed by atoms with van der Waals surface area (Å²) in [5, 5.41) is 1.08. The highest BCUT2D eigenvalue weighted by Crippen LogP contribution is 2.47. The largest absolute Gasteiger partial charge is 0.335 e. The summed E-state index contributed by atoms with van der Waals surface area (Å²) >= 11 is 9.73. The number of nitrogens with zero attached hydrogens (tertiary/aromatic N) is 3. The highest BCUT2D eigenvalue weighted by molar-refractivity contribution is 8.30. The molecular formula is C27H25N3O2S4. The van der Waals surface area contributed by atoms with Crippen LogP contribution in [0, 0.1) is 0 Å². The van der Waals surface area contributed by atoms with Crippen LogP contribution in [0.15, 0.2) is 69.3 Å². The number of rotatable bonds is 5. The Bertz CT molecular complexity index is 1570. The van der Waals surface area contributed by atoms with Crippen LogP contribution in [-0.2, 0) is 11.3 Å². The lowest BCUT2D eigenvalue weighted by molar-refractivity contribution is -0.120. The molecule has 2 aliphatic heterocycles. The van der Waals surface area contributed by atoms with Gasteiger partial charge in [0.15, 0.2) is 0 Å². The van der Waals surface area contributed by atoms with Crippen LogP contribution in [0.1, 0.15) is 20.8 Å². The molecule has 5 rings (SSSR count). The number of aromatic nitrogens is 1. The Balaban J connectivity index is 1.55. The first-order valence-electron chi connectivity index (χ1n) is 11.8. The first kappa shape index (κ1) is 25.1. The van der Waals surface area contributed by atoms with Crippen LogP contribution in [-0.4, -0.2) is 32.8 Å². The molecule has 0 saturated carbocycles. The number of thiazole rings is 1. The lowest BCUT2D eigenvalue weighted by atomic mass is 10.0. The molecule has 1 saturated heterocycles. The van der Waals surface area contributed by atoms with Crippen molar-refractivity contribution in [2.45, 2.75) is 32.2 Å². The second-order valence-electron chi connectivity index (χ2n) is 8.13. The third kappa shape index (κ3) is 4.38. The van der Waals surface area contributed by atoms with E-state index in [9.17, 15) is 9.59 Å². The summed E-state index contributed by atoms with van der Waals surface area (Å²) in [6.45, 7) is 7.80. The third-order valence-corrected chi connectivity index (χ3v) is 9.96. The van der Waals surface area contributed by atoms with Gasteiger partial charge in [-0.15, -0.1) is 11.3 Å². The second kappa shape index (κ2) is 10.4. The van der Waals surface area contributed by atoms with Crippen LogP contribution in [0.2, 0.25) is 0 Å². The Morgan fingerprint density at radius 1 is 0.861 bits per heavy atom. The van der Waals surface area contributed by atoms with Gasteiger partial charge in [0.1, 0.15) is 13.9 Å². The fraction of sp³-hybridized carbons (Fsp3) is 0.222. The van der Waals surface area contributed by atoms with E-state index in [1.807, 2.05) is 32.1 Å². The van der Waals surface area contributed by atoms with Crippen molar-refractivity contribution in [3.8, 4) is 11.1 Å². The van der Waals surface area contributed by atoms with E-state index >= 15 is 0 Å². The van der Waals surface area contributed by atoms with Crippen molar-refractivity contribution in [3.05, 3.63) is 79.2 Å². The first-order valence-corrected chi connectivity index (χ1v) is 14.7. The summed E-state index contributed by atoms with van der Waals surface area (Å²) in [6.07, 6.45) is 3.91. The van der Waals surface area contributed by atoms with Crippen LogP contribution in [0.25, 0.3) is 22.1 Å². The van der Waals surface area contributed by atoms with Crippen molar-refractivity contribution >= 4 is 74.0 Å². The van der Waals surface area contributed by atoms with Gasteiger partial charge in [-0.05, 0) is 56.2 Å². The highest BCUT2D eigenvalue weighted by Gasteiger charge is 2.33. The summed E-state index contributed by atoms with van der Waals surface area (Å²) in [4.78, 5) is 31.7. The number of anilines is 1. The minimum atomic E-state index is -0.117. The number of benzene rings is 2. The van der Waals surface area contributed by atoms with Crippen LogP contribution >= 0.6 is 47.1 Å². The molecule has 0 N–H and O–H groups in total. The number of allylic oxidation sites excluding steroid dienone is 1. The number of hydrogen-bond donors (Lipinski definition) is 0. The summed E-state index contributed by atoms with van der Waals surface area (Å²) in [6, 6.07) is 16.9. The van der Waals surface area contributed by atoms with Crippen LogP contribution in [0.5, 0.6) is 0 Å². The van der Waals surface area contributed by atoms with E-state index in [1.54, 1.807) is 21.2 Å². The highest BCUT2D eigenvalue weighted by atomic mass is 32.2. The molecule has 0 atom stereocenters. The predicted octanol–water partition coefficient (Wildman–Crippen LogP) is 4.84. The van der Waals surface area contributed by atoms with E-state index in [0.717, 1.165) is 11.6 Å². The van der Waals surface area contributed by atoms with Gasteiger partial charge in [-0.25, -0.2) is 0 Å². The van der Waals surface area contributed by atoms with Gasteiger partial charge in [0.25, 0.3) is 11.5 Å². The van der Waals surface area contributed by atoms with Crippen molar-refractivity contribution < 1.29 is 4.79 Å². The maximum absolute atomic E-state index is 13.2. The number of amides is 1. The number of carbonyl (C=O) groups excluding carboxylic acids is 1. The zero-order chi connectivity index (χ0) is 25.4. The molecule has 2 aromatic carbocycles. The number of thiocarbonyl (C=S) groups is 1. The van der Waals surface area contributed by atoms with E-state index < -0.39 is 0 Å². The molecule has 184 valence electrons. The summed E-state index contributed by atoms with van der Waals surface area (Å²) in [5.41, 5.74) is 3.47. The number of thioether (sulfide) groups is 2. The molecule has 0 radical (unpaired) electrons. The van der Waals surface area contributed by atoms with Gasteiger partial charge < -0.3 is 4.90 Å². The zero-order valence-corrected chi connectivity index (χ0v) is 23.5. The van der Waals surface area contributed by atoms with Gasteiger partial charge in [-0.3, -0.25) is 19.1 Å². The van der Waals surface area contributed by atoms with Crippen LogP contribution < -0.4 is 19.7 Å². The van der Waals surface area contributed by atoms with Crippen molar-refractivity contribution in [3.63, 3.8) is 0 Å². The molecule has 1 amide bonds. The maximum Gasteiger partial charge on any atom is 0.269 e. The molecule has 36 heavy (non-hydrogen) atoms. The summed E-state index contributed by atoms with van der Waals surface area (Å²) in [7, 11) is 0. The monoisotopic (exact) mass is 551 g/mol. The van der Waals surface area contributed by atoms with E-state index in [1.165, 1.54) is 44.8 Å². The molecule has 0 unspecified atom stereocenters. The lowest BCUT2D eigenvalue weighted by Crippen LogP contribution is -2.33. The van der Waals surface area contributed by atoms with E-state index in [4.69, 9.17) is 12.2 Å². The van der Waals surface area contributed by atoms with Crippen molar-refractivity contribution in [1.82, 2.24) is 9.47 Å². The quantitative estimate of drug-likeness (QED) is 0.423. The Labute approximate surface area is 227 Å². The van der Waals surface area contributed by atoms with Gasteiger partial charge in [-0.1, -0.05) is 72.1 Å². The van der Waals surface area contributed by atoms with E-state index in [2.05, 4.69) is 54.3 Å². The third-order valence-electron chi connectivity index (χ3n) is 6.11. The van der Waals surface area contributed by atoms with Crippen LogP contribution in [0.4, 0.5) is 5.69 Å². The van der Waals surface area contributed by atoms with Gasteiger partial charge in [0.2, 0.25) is 0 Å².